The van der Waals surface area contributed by atoms with Crippen LogP contribution >= 0.6 is 0 Å². The van der Waals surface area contributed by atoms with Crippen LogP contribution in [0.3, 0.4) is 0 Å². The van der Waals surface area contributed by atoms with Gasteiger partial charge < -0.3 is 10.6 Å². The summed E-state index contributed by atoms with van der Waals surface area (Å²) in [4.78, 5) is 15.7. The lowest BCUT2D eigenvalue weighted by Crippen LogP contribution is -2.38. The normalized spacial score (nSPS) is 10.7. The van der Waals surface area contributed by atoms with Gasteiger partial charge in [0.05, 0.1) is 6.54 Å². The highest BCUT2D eigenvalue weighted by molar-refractivity contribution is 5.78. The van der Waals surface area contributed by atoms with E-state index in [0.29, 0.717) is 19.6 Å². The molecule has 100 valence electrons. The summed E-state index contributed by atoms with van der Waals surface area (Å²) in [6, 6.07) is 8.13. The number of nitrogens with two attached hydrogens (primary N) is 1. The van der Waals surface area contributed by atoms with Gasteiger partial charge in [0.15, 0.2) is 0 Å². The zero-order valence-corrected chi connectivity index (χ0v) is 11.5. The van der Waals surface area contributed by atoms with E-state index in [1.807, 2.05) is 31.1 Å². The number of carbonyl (C=O) groups is 1. The van der Waals surface area contributed by atoms with E-state index >= 15 is 0 Å². The van der Waals surface area contributed by atoms with Crippen molar-refractivity contribution in [3.8, 4) is 0 Å². The summed E-state index contributed by atoms with van der Waals surface area (Å²) in [5.74, 6) is 0.120. The minimum atomic E-state index is 0.120. The maximum absolute atomic E-state index is 12.0. The van der Waals surface area contributed by atoms with Gasteiger partial charge in [-0.05, 0) is 25.1 Å². The molecule has 0 fully saturated rings. The Bertz CT molecular complexity index is 392. The number of rotatable bonds is 6. The standard InChI is InChI=1S/C14H23N3O/c1-12-6-4-5-7-13(12)10-17(3)14(18)11-16(2)9-8-15/h4-7H,8-11,15H2,1-3H3. The molecule has 0 aliphatic rings. The lowest BCUT2D eigenvalue weighted by Gasteiger charge is -2.22. The number of likely N-dealkylation sites (N-methyl/N-ethyl adjacent to an activating group) is 2. The molecule has 0 atom stereocenters. The first-order chi connectivity index (χ1) is 8.54. The van der Waals surface area contributed by atoms with Crippen LogP contribution in [0.2, 0.25) is 0 Å². The third kappa shape index (κ3) is 4.47. The molecule has 0 unspecified atom stereocenters. The average molecular weight is 249 g/mol. The maximum atomic E-state index is 12.0. The van der Waals surface area contributed by atoms with Crippen LogP contribution in [0.1, 0.15) is 11.1 Å². The van der Waals surface area contributed by atoms with Gasteiger partial charge in [-0.3, -0.25) is 9.69 Å². The predicted molar refractivity (Wildman–Crippen MR) is 74.2 cm³/mol. The number of amides is 1. The molecule has 4 nitrogen and oxygen atoms in total. The number of aryl methyl sites for hydroxylation is 1. The minimum Gasteiger partial charge on any atom is -0.340 e. The third-order valence-electron chi connectivity index (χ3n) is 3.01. The van der Waals surface area contributed by atoms with Gasteiger partial charge in [-0.15, -0.1) is 0 Å². The Kier molecular flexibility index (Phi) is 5.82. The average Bonchev–Trinajstić information content (AvgIpc) is 2.32. The fourth-order valence-corrected chi connectivity index (χ4v) is 1.78. The summed E-state index contributed by atoms with van der Waals surface area (Å²) < 4.78 is 0. The smallest absolute Gasteiger partial charge is 0.236 e. The molecule has 1 rings (SSSR count). The molecule has 2 N–H and O–H groups in total. The van der Waals surface area contributed by atoms with E-state index in [0.717, 1.165) is 6.54 Å². The molecule has 1 aromatic carbocycles. The van der Waals surface area contributed by atoms with Crippen molar-refractivity contribution in [3.05, 3.63) is 35.4 Å². The van der Waals surface area contributed by atoms with Gasteiger partial charge in [-0.2, -0.15) is 0 Å². The van der Waals surface area contributed by atoms with Crippen molar-refractivity contribution in [2.75, 3.05) is 33.7 Å². The first-order valence-corrected chi connectivity index (χ1v) is 6.21. The van der Waals surface area contributed by atoms with Crippen LogP contribution in [0, 0.1) is 6.92 Å². The Morgan fingerprint density at radius 3 is 2.56 bits per heavy atom. The first kappa shape index (κ1) is 14.7. The van der Waals surface area contributed by atoms with E-state index < -0.39 is 0 Å². The predicted octanol–water partition coefficient (Wildman–Crippen LogP) is 0.844. The Labute approximate surface area is 109 Å². The highest BCUT2D eigenvalue weighted by atomic mass is 16.2. The van der Waals surface area contributed by atoms with Crippen molar-refractivity contribution in [2.24, 2.45) is 5.73 Å². The SMILES string of the molecule is Cc1ccccc1CN(C)C(=O)CN(C)CCN. The first-order valence-electron chi connectivity index (χ1n) is 6.21. The molecule has 0 radical (unpaired) electrons. The highest BCUT2D eigenvalue weighted by Crippen LogP contribution is 2.09. The lowest BCUT2D eigenvalue weighted by atomic mass is 10.1. The summed E-state index contributed by atoms with van der Waals surface area (Å²) in [6.07, 6.45) is 0. The van der Waals surface area contributed by atoms with E-state index in [-0.39, 0.29) is 5.91 Å². The molecule has 0 aliphatic carbocycles. The number of nitrogens with zero attached hydrogens (tertiary/aromatic N) is 2. The van der Waals surface area contributed by atoms with E-state index in [2.05, 4.69) is 19.1 Å². The van der Waals surface area contributed by atoms with Crippen molar-refractivity contribution in [2.45, 2.75) is 13.5 Å². The largest absolute Gasteiger partial charge is 0.340 e. The van der Waals surface area contributed by atoms with E-state index in [1.54, 1.807) is 4.90 Å². The highest BCUT2D eigenvalue weighted by Gasteiger charge is 2.12. The lowest BCUT2D eigenvalue weighted by molar-refractivity contribution is -0.131. The molecular weight excluding hydrogens is 226 g/mol. The van der Waals surface area contributed by atoms with Crippen LogP contribution in [-0.2, 0) is 11.3 Å². The fourth-order valence-electron chi connectivity index (χ4n) is 1.78. The van der Waals surface area contributed by atoms with Crippen LogP contribution in [0.25, 0.3) is 0 Å². The number of benzene rings is 1. The van der Waals surface area contributed by atoms with Crippen LogP contribution in [0.15, 0.2) is 24.3 Å². The Balaban J connectivity index is 2.52. The van der Waals surface area contributed by atoms with Gasteiger partial charge in [0.2, 0.25) is 5.91 Å². The summed E-state index contributed by atoms with van der Waals surface area (Å²) in [7, 11) is 3.75. The molecule has 1 aromatic rings. The third-order valence-corrected chi connectivity index (χ3v) is 3.01. The van der Waals surface area contributed by atoms with Crippen LogP contribution in [0.4, 0.5) is 0 Å². The second-order valence-electron chi connectivity index (χ2n) is 4.70. The van der Waals surface area contributed by atoms with Crippen molar-refractivity contribution in [3.63, 3.8) is 0 Å². The van der Waals surface area contributed by atoms with E-state index in [4.69, 9.17) is 5.73 Å². The molecule has 0 spiro atoms. The molecule has 18 heavy (non-hydrogen) atoms. The molecule has 0 saturated heterocycles. The van der Waals surface area contributed by atoms with Gasteiger partial charge in [-0.1, -0.05) is 24.3 Å². The molecule has 0 aliphatic heterocycles. The van der Waals surface area contributed by atoms with Gasteiger partial charge in [-0.25, -0.2) is 0 Å². The minimum absolute atomic E-state index is 0.120. The number of carbonyl (C=O) groups excluding carboxylic acids is 1. The van der Waals surface area contributed by atoms with Gasteiger partial charge >= 0.3 is 0 Å². The monoisotopic (exact) mass is 249 g/mol. The molecule has 0 saturated carbocycles. The molecular formula is C14H23N3O. The fraction of sp³-hybridized carbons (Fsp3) is 0.500. The Morgan fingerprint density at radius 2 is 1.94 bits per heavy atom. The topological polar surface area (TPSA) is 49.6 Å². The zero-order chi connectivity index (χ0) is 13.5. The van der Waals surface area contributed by atoms with Gasteiger partial charge in [0, 0.05) is 26.7 Å². The molecule has 0 bridgehead atoms. The van der Waals surface area contributed by atoms with Crippen LogP contribution < -0.4 is 5.73 Å². The molecule has 0 heterocycles. The Morgan fingerprint density at radius 1 is 1.28 bits per heavy atom. The van der Waals surface area contributed by atoms with Crippen molar-refractivity contribution in [1.29, 1.82) is 0 Å². The van der Waals surface area contributed by atoms with Gasteiger partial charge in [0.1, 0.15) is 0 Å². The maximum Gasteiger partial charge on any atom is 0.236 e. The molecule has 0 aromatic heterocycles. The summed E-state index contributed by atoms with van der Waals surface area (Å²) in [5.41, 5.74) is 7.86. The van der Waals surface area contributed by atoms with Crippen LogP contribution in [0.5, 0.6) is 0 Å². The zero-order valence-electron chi connectivity index (χ0n) is 11.5. The van der Waals surface area contributed by atoms with E-state index in [9.17, 15) is 4.79 Å². The number of hydrogen-bond donors (Lipinski definition) is 1. The number of hydrogen-bond acceptors (Lipinski definition) is 3. The van der Waals surface area contributed by atoms with Crippen LogP contribution in [-0.4, -0.2) is 49.4 Å². The summed E-state index contributed by atoms with van der Waals surface area (Å²) >= 11 is 0. The summed E-state index contributed by atoms with van der Waals surface area (Å²) in [6.45, 7) is 4.45. The van der Waals surface area contributed by atoms with E-state index in [1.165, 1.54) is 11.1 Å². The van der Waals surface area contributed by atoms with Crippen molar-refractivity contribution < 1.29 is 4.79 Å². The second-order valence-corrected chi connectivity index (χ2v) is 4.70. The van der Waals surface area contributed by atoms with Gasteiger partial charge in [0.25, 0.3) is 0 Å². The summed E-state index contributed by atoms with van der Waals surface area (Å²) in [5, 5.41) is 0. The Hall–Kier alpha value is -1.39. The van der Waals surface area contributed by atoms with Crippen molar-refractivity contribution >= 4 is 5.91 Å². The molecule has 4 heteroatoms. The molecule has 1 amide bonds. The van der Waals surface area contributed by atoms with Crippen molar-refractivity contribution in [1.82, 2.24) is 9.80 Å². The quantitative estimate of drug-likeness (QED) is 0.813. The second kappa shape index (κ2) is 7.13.